The van der Waals surface area contributed by atoms with E-state index >= 15 is 0 Å². The first-order valence-corrected chi connectivity index (χ1v) is 6.40. The van der Waals surface area contributed by atoms with Crippen molar-refractivity contribution in [3.8, 4) is 0 Å². The van der Waals surface area contributed by atoms with E-state index in [1.165, 1.54) is 4.90 Å². The van der Waals surface area contributed by atoms with Gasteiger partial charge >= 0.3 is 0 Å². The fourth-order valence-electron chi connectivity index (χ4n) is 3.05. The largest absolute Gasteiger partial charge is 0.369 e. The molecule has 0 bridgehead atoms. The third-order valence-electron chi connectivity index (χ3n) is 4.53. The van der Waals surface area contributed by atoms with Gasteiger partial charge in [-0.15, -0.1) is 0 Å². The Hall–Kier alpha value is -1.78. The summed E-state index contributed by atoms with van der Waals surface area (Å²) in [4.78, 5) is 18.6. The SMILES string of the molecule is [B]c1cccc([C@@]2(C)N=C(N)N(C)C(=O)C23CC3)c1. The average Bonchev–Trinajstić information content (AvgIpc) is 3.17. The predicted molar refractivity (Wildman–Crippen MR) is 75.2 cm³/mol. The molecule has 3 rings (SSSR count). The summed E-state index contributed by atoms with van der Waals surface area (Å²) in [5.41, 5.74) is 6.46. The van der Waals surface area contributed by atoms with Crippen LogP contribution < -0.4 is 11.2 Å². The monoisotopic (exact) mass is 253 g/mol. The molecule has 2 radical (unpaired) electrons. The minimum Gasteiger partial charge on any atom is -0.369 e. The molecule has 0 unspecified atom stereocenters. The highest BCUT2D eigenvalue weighted by molar-refractivity contribution is 6.32. The number of rotatable bonds is 1. The minimum atomic E-state index is -0.615. The van der Waals surface area contributed by atoms with Crippen molar-refractivity contribution in [3.05, 3.63) is 29.8 Å². The number of hydrogen-bond acceptors (Lipinski definition) is 3. The smallest absolute Gasteiger partial charge is 0.238 e. The van der Waals surface area contributed by atoms with Gasteiger partial charge in [0.05, 0.1) is 5.41 Å². The van der Waals surface area contributed by atoms with Gasteiger partial charge in [0.1, 0.15) is 13.4 Å². The van der Waals surface area contributed by atoms with Crippen molar-refractivity contribution in [2.45, 2.75) is 25.3 Å². The fourth-order valence-corrected chi connectivity index (χ4v) is 3.05. The van der Waals surface area contributed by atoms with Crippen molar-refractivity contribution < 1.29 is 4.79 Å². The van der Waals surface area contributed by atoms with Gasteiger partial charge in [-0.25, -0.2) is 4.99 Å². The van der Waals surface area contributed by atoms with Gasteiger partial charge in [-0.05, 0) is 25.3 Å². The Balaban J connectivity index is 2.19. The van der Waals surface area contributed by atoms with Gasteiger partial charge in [0.25, 0.3) is 0 Å². The minimum absolute atomic E-state index is 0.0601. The molecule has 1 atom stereocenters. The maximum atomic E-state index is 12.5. The van der Waals surface area contributed by atoms with E-state index in [1.807, 2.05) is 31.2 Å². The van der Waals surface area contributed by atoms with E-state index in [9.17, 15) is 4.79 Å². The highest BCUT2D eigenvalue weighted by atomic mass is 16.2. The summed E-state index contributed by atoms with van der Waals surface area (Å²) in [6, 6.07) is 7.57. The topological polar surface area (TPSA) is 58.7 Å². The molecular weight excluding hydrogens is 237 g/mol. The zero-order chi connectivity index (χ0) is 13.8. The Morgan fingerprint density at radius 2 is 2.11 bits per heavy atom. The molecule has 96 valence electrons. The molecule has 1 aliphatic heterocycles. The molecule has 4 nitrogen and oxygen atoms in total. The van der Waals surface area contributed by atoms with Crippen molar-refractivity contribution in [1.82, 2.24) is 4.90 Å². The number of nitrogens with zero attached hydrogens (tertiary/aromatic N) is 2. The molecule has 1 aromatic rings. The van der Waals surface area contributed by atoms with Gasteiger partial charge in [-0.3, -0.25) is 9.69 Å². The zero-order valence-electron chi connectivity index (χ0n) is 11.2. The molecule has 1 fully saturated rings. The quantitative estimate of drug-likeness (QED) is 0.730. The van der Waals surface area contributed by atoms with Gasteiger partial charge in [0, 0.05) is 7.05 Å². The van der Waals surface area contributed by atoms with E-state index in [2.05, 4.69) is 4.99 Å². The van der Waals surface area contributed by atoms with Crippen LogP contribution in [-0.4, -0.2) is 31.7 Å². The first-order valence-electron chi connectivity index (χ1n) is 6.40. The molecule has 1 aliphatic carbocycles. The van der Waals surface area contributed by atoms with Gasteiger partial charge in [0.15, 0.2) is 5.96 Å². The van der Waals surface area contributed by atoms with E-state index < -0.39 is 11.0 Å². The number of carbonyl (C=O) groups is 1. The Labute approximate surface area is 114 Å². The van der Waals surface area contributed by atoms with Crippen molar-refractivity contribution >= 4 is 25.2 Å². The molecule has 2 N–H and O–H groups in total. The van der Waals surface area contributed by atoms with E-state index in [1.54, 1.807) is 7.05 Å². The van der Waals surface area contributed by atoms with Crippen LogP contribution in [-0.2, 0) is 10.3 Å². The van der Waals surface area contributed by atoms with Crippen LogP contribution in [0, 0.1) is 5.41 Å². The highest BCUT2D eigenvalue weighted by Crippen LogP contribution is 2.62. The normalized spacial score (nSPS) is 28.4. The Morgan fingerprint density at radius 1 is 1.42 bits per heavy atom. The third kappa shape index (κ3) is 1.47. The van der Waals surface area contributed by atoms with Crippen molar-refractivity contribution in [2.75, 3.05) is 7.05 Å². The zero-order valence-corrected chi connectivity index (χ0v) is 11.2. The molecule has 1 heterocycles. The van der Waals surface area contributed by atoms with Crippen LogP contribution in [0.3, 0.4) is 0 Å². The lowest BCUT2D eigenvalue weighted by Crippen LogP contribution is -2.55. The predicted octanol–water partition coefficient (Wildman–Crippen LogP) is 0.262. The molecule has 0 saturated heterocycles. The average molecular weight is 253 g/mol. The number of carbonyl (C=O) groups excluding carboxylic acids is 1. The van der Waals surface area contributed by atoms with E-state index in [-0.39, 0.29) is 11.9 Å². The number of benzene rings is 1. The van der Waals surface area contributed by atoms with E-state index in [4.69, 9.17) is 13.6 Å². The van der Waals surface area contributed by atoms with Gasteiger partial charge < -0.3 is 5.73 Å². The van der Waals surface area contributed by atoms with Crippen LogP contribution in [0.2, 0.25) is 0 Å². The summed E-state index contributed by atoms with van der Waals surface area (Å²) in [5, 5.41) is 0. The molecule has 1 aromatic carbocycles. The molecule has 1 amide bonds. The number of guanidine groups is 1. The Kier molecular flexibility index (Phi) is 2.34. The summed E-state index contributed by atoms with van der Waals surface area (Å²) in [6.45, 7) is 1.98. The van der Waals surface area contributed by atoms with Crippen LogP contribution in [0.5, 0.6) is 0 Å². The lowest BCUT2D eigenvalue weighted by Gasteiger charge is -2.41. The second-order valence-corrected chi connectivity index (χ2v) is 5.61. The summed E-state index contributed by atoms with van der Waals surface area (Å²) in [7, 11) is 7.54. The number of aliphatic imine (C=N–C) groups is 1. The maximum absolute atomic E-state index is 12.5. The number of amides is 1. The number of nitrogens with two attached hydrogens (primary N) is 1. The second kappa shape index (κ2) is 3.62. The molecule has 2 aliphatic rings. The van der Waals surface area contributed by atoms with Crippen LogP contribution in [0.4, 0.5) is 0 Å². The van der Waals surface area contributed by atoms with Crippen LogP contribution in [0.15, 0.2) is 29.3 Å². The second-order valence-electron chi connectivity index (χ2n) is 5.61. The molecule has 5 heteroatoms. The Bertz CT molecular complexity index is 594. The van der Waals surface area contributed by atoms with E-state index in [0.29, 0.717) is 5.46 Å². The molecule has 0 aromatic heterocycles. The standard InChI is InChI=1S/C14H16BN3O/c1-13(9-4-3-5-10(15)8-9)14(6-7-14)11(19)18(2)12(16)17-13/h3-5,8H,6-7H2,1-2H3,(H2,16,17)/t13-/m1/s1. The molecule has 19 heavy (non-hydrogen) atoms. The summed E-state index contributed by atoms with van der Waals surface area (Å²) >= 11 is 0. The van der Waals surface area contributed by atoms with Crippen molar-refractivity contribution in [1.29, 1.82) is 0 Å². The number of hydrogen-bond donors (Lipinski definition) is 1. The van der Waals surface area contributed by atoms with Gasteiger partial charge in [0.2, 0.25) is 5.91 Å². The van der Waals surface area contributed by atoms with Crippen molar-refractivity contribution in [2.24, 2.45) is 16.1 Å². The summed E-state index contributed by atoms with van der Waals surface area (Å²) in [5.74, 6) is 0.331. The fraction of sp³-hybridized carbons (Fsp3) is 0.429. The van der Waals surface area contributed by atoms with Crippen molar-refractivity contribution in [3.63, 3.8) is 0 Å². The van der Waals surface area contributed by atoms with Gasteiger partial charge in [-0.2, -0.15) is 0 Å². The third-order valence-corrected chi connectivity index (χ3v) is 4.53. The first-order chi connectivity index (χ1) is 8.91. The summed E-state index contributed by atoms with van der Waals surface area (Å²) < 4.78 is 0. The molecule has 1 spiro atoms. The van der Waals surface area contributed by atoms with Crippen LogP contribution in [0.25, 0.3) is 0 Å². The molecular formula is C14H16BN3O. The highest BCUT2D eigenvalue weighted by Gasteiger charge is 2.66. The lowest BCUT2D eigenvalue weighted by molar-refractivity contribution is -0.136. The maximum Gasteiger partial charge on any atom is 0.238 e. The van der Waals surface area contributed by atoms with Gasteiger partial charge in [-0.1, -0.05) is 29.7 Å². The molecule has 1 saturated carbocycles. The van der Waals surface area contributed by atoms with E-state index in [0.717, 1.165) is 18.4 Å². The van der Waals surface area contributed by atoms with Crippen LogP contribution >= 0.6 is 0 Å². The Morgan fingerprint density at radius 3 is 2.68 bits per heavy atom. The first kappa shape index (κ1) is 12.3. The van der Waals surface area contributed by atoms with Crippen LogP contribution in [0.1, 0.15) is 25.3 Å². The summed E-state index contributed by atoms with van der Waals surface area (Å²) in [6.07, 6.45) is 1.69. The lowest BCUT2D eigenvalue weighted by atomic mass is 9.74.